The summed E-state index contributed by atoms with van der Waals surface area (Å²) < 4.78 is 11.2. The van der Waals surface area contributed by atoms with Crippen molar-refractivity contribution < 1.29 is 14.3 Å². The first-order valence-electron chi connectivity index (χ1n) is 12.0. The van der Waals surface area contributed by atoms with Gasteiger partial charge in [0.2, 0.25) is 5.91 Å². The van der Waals surface area contributed by atoms with E-state index in [9.17, 15) is 9.59 Å². The number of aromatic nitrogens is 2. The van der Waals surface area contributed by atoms with Crippen LogP contribution in [0.5, 0.6) is 11.5 Å². The average Bonchev–Trinajstić information content (AvgIpc) is 3.13. The maximum Gasteiger partial charge on any atom is 0.259 e. The number of carbonyl (C=O) groups is 1. The van der Waals surface area contributed by atoms with Crippen molar-refractivity contribution >= 4 is 27.5 Å². The maximum atomic E-state index is 12.7. The van der Waals surface area contributed by atoms with Crippen LogP contribution in [0, 0.1) is 13.8 Å². The minimum absolute atomic E-state index is 0.000669. The lowest BCUT2D eigenvalue weighted by Gasteiger charge is -2.34. The molecule has 2 aliphatic heterocycles. The van der Waals surface area contributed by atoms with Gasteiger partial charge in [-0.2, -0.15) is 0 Å². The molecule has 5 rings (SSSR count). The lowest BCUT2D eigenvalue weighted by atomic mass is 10.1. The first kappa shape index (κ1) is 23.8. The first-order valence-corrected chi connectivity index (χ1v) is 12.8. The van der Waals surface area contributed by atoms with E-state index in [1.54, 1.807) is 11.3 Å². The molecule has 186 valence electrons. The van der Waals surface area contributed by atoms with Gasteiger partial charge < -0.3 is 19.8 Å². The Labute approximate surface area is 208 Å². The number of piperazine rings is 1. The number of thiophene rings is 1. The highest BCUT2D eigenvalue weighted by atomic mass is 32.1. The van der Waals surface area contributed by atoms with Crippen LogP contribution in [0.1, 0.15) is 34.8 Å². The molecule has 0 unspecified atom stereocenters. The van der Waals surface area contributed by atoms with Gasteiger partial charge in [0.15, 0.2) is 11.5 Å². The molecule has 0 spiro atoms. The Bertz CT molecular complexity index is 1290. The van der Waals surface area contributed by atoms with E-state index in [1.807, 2.05) is 39.0 Å². The van der Waals surface area contributed by atoms with E-state index in [2.05, 4.69) is 20.1 Å². The van der Waals surface area contributed by atoms with Crippen molar-refractivity contribution in [1.82, 2.24) is 25.1 Å². The zero-order valence-corrected chi connectivity index (χ0v) is 21.2. The number of benzene rings is 1. The van der Waals surface area contributed by atoms with Crippen molar-refractivity contribution in [1.29, 1.82) is 0 Å². The van der Waals surface area contributed by atoms with Gasteiger partial charge in [0.05, 0.1) is 24.5 Å². The monoisotopic (exact) mass is 497 g/mol. The van der Waals surface area contributed by atoms with Crippen LogP contribution in [0.3, 0.4) is 0 Å². The van der Waals surface area contributed by atoms with Crippen LogP contribution in [-0.4, -0.2) is 71.6 Å². The average molecular weight is 498 g/mol. The topological polar surface area (TPSA) is 99.8 Å². The lowest BCUT2D eigenvalue weighted by molar-refractivity contribution is -0.123. The summed E-state index contributed by atoms with van der Waals surface area (Å²) in [6.45, 7) is 11.2. The van der Waals surface area contributed by atoms with Crippen LogP contribution in [0.15, 0.2) is 23.0 Å². The molecule has 1 amide bonds. The molecular weight excluding hydrogens is 466 g/mol. The van der Waals surface area contributed by atoms with E-state index in [1.165, 1.54) is 0 Å². The number of hydrogen-bond acceptors (Lipinski definition) is 8. The molecule has 1 fully saturated rings. The fourth-order valence-electron chi connectivity index (χ4n) is 4.59. The predicted octanol–water partition coefficient (Wildman–Crippen LogP) is 2.37. The summed E-state index contributed by atoms with van der Waals surface area (Å²) in [5.74, 6) is 2.17. The van der Waals surface area contributed by atoms with E-state index >= 15 is 0 Å². The van der Waals surface area contributed by atoms with Crippen molar-refractivity contribution in [2.24, 2.45) is 0 Å². The van der Waals surface area contributed by atoms with Crippen LogP contribution >= 0.6 is 11.3 Å². The fourth-order valence-corrected chi connectivity index (χ4v) is 5.64. The van der Waals surface area contributed by atoms with Gasteiger partial charge in [0, 0.05) is 31.1 Å². The summed E-state index contributed by atoms with van der Waals surface area (Å²) in [6, 6.07) is 5.67. The number of carbonyl (C=O) groups excluding carboxylic acids is 1. The maximum absolute atomic E-state index is 12.7. The normalized spacial score (nSPS) is 17.5. The van der Waals surface area contributed by atoms with Crippen LogP contribution in [0.2, 0.25) is 0 Å². The molecule has 0 saturated carbocycles. The number of ether oxygens (including phenoxy) is 2. The van der Waals surface area contributed by atoms with Crippen LogP contribution < -0.4 is 20.3 Å². The molecule has 1 saturated heterocycles. The highest BCUT2D eigenvalue weighted by molar-refractivity contribution is 7.18. The summed E-state index contributed by atoms with van der Waals surface area (Å²) in [4.78, 5) is 39.2. The number of rotatable bonds is 6. The van der Waals surface area contributed by atoms with E-state index in [4.69, 9.17) is 14.5 Å². The Morgan fingerprint density at radius 2 is 1.86 bits per heavy atom. The third kappa shape index (κ3) is 5.19. The molecule has 2 N–H and O–H groups in total. The Morgan fingerprint density at radius 1 is 1.14 bits per heavy atom. The van der Waals surface area contributed by atoms with Crippen LogP contribution in [-0.2, 0) is 11.3 Å². The quantitative estimate of drug-likeness (QED) is 0.539. The molecule has 35 heavy (non-hydrogen) atoms. The molecule has 2 aromatic heterocycles. The summed E-state index contributed by atoms with van der Waals surface area (Å²) in [6.07, 6.45) is 0. The molecule has 0 aliphatic carbocycles. The van der Waals surface area contributed by atoms with Crippen molar-refractivity contribution in [2.45, 2.75) is 33.4 Å². The molecule has 9 nitrogen and oxygen atoms in total. The highest BCUT2D eigenvalue weighted by Crippen LogP contribution is 2.32. The molecular formula is C25H31N5O4S. The smallest absolute Gasteiger partial charge is 0.259 e. The largest absolute Gasteiger partial charge is 0.486 e. The molecule has 4 heterocycles. The third-order valence-electron chi connectivity index (χ3n) is 6.74. The number of hydrogen-bond donors (Lipinski definition) is 2. The zero-order chi connectivity index (χ0) is 24.5. The van der Waals surface area contributed by atoms with Gasteiger partial charge in [0.1, 0.15) is 23.9 Å². The minimum atomic E-state index is -0.123. The van der Waals surface area contributed by atoms with Gasteiger partial charge in [-0.25, -0.2) is 4.98 Å². The second kappa shape index (κ2) is 9.96. The lowest BCUT2D eigenvalue weighted by Crippen LogP contribution is -2.49. The molecule has 10 heteroatoms. The second-order valence-electron chi connectivity index (χ2n) is 9.22. The van der Waals surface area contributed by atoms with Crippen molar-refractivity contribution in [3.63, 3.8) is 0 Å². The van der Waals surface area contributed by atoms with Gasteiger partial charge in [-0.05, 0) is 44.0 Å². The van der Waals surface area contributed by atoms with Crippen molar-refractivity contribution in [3.8, 4) is 11.5 Å². The minimum Gasteiger partial charge on any atom is -0.486 e. The summed E-state index contributed by atoms with van der Waals surface area (Å²) in [5, 5.41) is 3.80. The standard InChI is InChI=1S/C25H31N5O4S/c1-15-17(3)35-25-23(15)24(32)27-21(28-25)13-29-6-8-30(9-7-29)14-22(31)26-16(2)18-4-5-19-20(12-18)34-11-10-33-19/h4-5,12,16H,6-11,13-14H2,1-3H3,(H,26,31)(H,27,28,32)/t16-/m1/s1. The first-order chi connectivity index (χ1) is 16.9. The van der Waals surface area contributed by atoms with Crippen molar-refractivity contribution in [3.05, 3.63) is 50.4 Å². The molecule has 3 aromatic rings. The van der Waals surface area contributed by atoms with E-state index in [-0.39, 0.29) is 17.5 Å². The molecule has 1 aromatic carbocycles. The van der Waals surface area contributed by atoms with Crippen LogP contribution in [0.4, 0.5) is 0 Å². The Balaban J connectivity index is 1.11. The van der Waals surface area contributed by atoms with Crippen molar-refractivity contribution in [2.75, 3.05) is 45.9 Å². The number of H-pyrrole nitrogens is 1. The SMILES string of the molecule is Cc1sc2nc(CN3CCN(CC(=O)N[C@H](C)c4ccc5c(c4)OCCO5)CC3)[nH]c(=O)c2c1C. The van der Waals surface area contributed by atoms with Gasteiger partial charge in [-0.15, -0.1) is 11.3 Å². The predicted molar refractivity (Wildman–Crippen MR) is 135 cm³/mol. The Morgan fingerprint density at radius 3 is 2.63 bits per heavy atom. The summed E-state index contributed by atoms with van der Waals surface area (Å²) >= 11 is 1.57. The Kier molecular flexibility index (Phi) is 6.77. The Hall–Kier alpha value is -2.95. The van der Waals surface area contributed by atoms with E-state index < -0.39 is 0 Å². The number of nitrogens with one attached hydrogen (secondary N) is 2. The number of nitrogens with zero attached hydrogens (tertiary/aromatic N) is 3. The number of aromatic amines is 1. The molecule has 0 radical (unpaired) electrons. The third-order valence-corrected chi connectivity index (χ3v) is 7.84. The number of aryl methyl sites for hydroxylation is 2. The van der Waals surface area contributed by atoms with Crippen LogP contribution in [0.25, 0.3) is 10.2 Å². The summed E-state index contributed by atoms with van der Waals surface area (Å²) in [7, 11) is 0. The fraction of sp³-hybridized carbons (Fsp3) is 0.480. The van der Waals surface area contributed by atoms with Gasteiger partial charge in [-0.1, -0.05) is 6.07 Å². The number of fused-ring (bicyclic) bond motifs is 2. The molecule has 1 atom stereocenters. The zero-order valence-electron chi connectivity index (χ0n) is 20.3. The van der Waals surface area contributed by atoms with Gasteiger partial charge >= 0.3 is 0 Å². The van der Waals surface area contributed by atoms with E-state index in [0.29, 0.717) is 37.5 Å². The highest BCUT2D eigenvalue weighted by Gasteiger charge is 2.22. The molecule has 2 aliphatic rings. The number of amides is 1. The summed E-state index contributed by atoms with van der Waals surface area (Å²) in [5.41, 5.74) is 1.94. The van der Waals surface area contributed by atoms with Gasteiger partial charge in [0.25, 0.3) is 5.56 Å². The second-order valence-corrected chi connectivity index (χ2v) is 10.4. The van der Waals surface area contributed by atoms with E-state index in [0.717, 1.165) is 58.5 Å². The van der Waals surface area contributed by atoms with Gasteiger partial charge in [-0.3, -0.25) is 19.4 Å². The molecule has 0 bridgehead atoms.